The third-order valence-electron chi connectivity index (χ3n) is 1.36. The summed E-state index contributed by atoms with van der Waals surface area (Å²) in [4.78, 5) is 20.8. The van der Waals surface area contributed by atoms with E-state index in [1.807, 2.05) is 0 Å². The van der Waals surface area contributed by atoms with Crippen molar-refractivity contribution in [1.29, 1.82) is 0 Å². The van der Waals surface area contributed by atoms with Gasteiger partial charge in [-0.15, -0.1) is 0 Å². The van der Waals surface area contributed by atoms with Gasteiger partial charge in [0.15, 0.2) is 0 Å². The molecule has 0 heterocycles. The van der Waals surface area contributed by atoms with E-state index in [2.05, 4.69) is 0 Å². The summed E-state index contributed by atoms with van der Waals surface area (Å²) >= 11 is 0. The van der Waals surface area contributed by atoms with Crippen LogP contribution in [0.1, 0.15) is 20.7 Å². The van der Waals surface area contributed by atoms with E-state index in [1.54, 1.807) is 0 Å². The number of benzene rings is 1. The van der Waals surface area contributed by atoms with Crippen LogP contribution in [0.2, 0.25) is 0 Å². The second kappa shape index (κ2) is 5.21. The Morgan fingerprint density at radius 1 is 1.00 bits per heavy atom. The molecule has 64 valence electrons. The molecule has 2 N–H and O–H groups in total. The van der Waals surface area contributed by atoms with Crippen molar-refractivity contribution in [3.63, 3.8) is 0 Å². The first-order valence-corrected chi connectivity index (χ1v) is 3.18. The minimum Gasteiger partial charge on any atom is -0.478 e. The Kier molecular flexibility index (Phi) is 4.98. The zero-order chi connectivity index (χ0) is 9.14. The molecule has 1 rings (SSSR count). The van der Waals surface area contributed by atoms with E-state index < -0.39 is 11.9 Å². The Morgan fingerprint density at radius 2 is 1.38 bits per heavy atom. The minimum absolute atomic E-state index is 0. The van der Waals surface area contributed by atoms with Crippen molar-refractivity contribution in [2.75, 3.05) is 0 Å². The molecule has 1 aromatic rings. The van der Waals surface area contributed by atoms with E-state index in [0.717, 1.165) is 6.07 Å². The summed E-state index contributed by atoms with van der Waals surface area (Å²) in [6.45, 7) is 0. The molecule has 0 atom stereocenters. The van der Waals surface area contributed by atoms with Crippen LogP contribution in [0.5, 0.6) is 0 Å². The van der Waals surface area contributed by atoms with Gasteiger partial charge in [-0.25, -0.2) is 9.59 Å². The fraction of sp³-hybridized carbons (Fsp3) is 0. The van der Waals surface area contributed by atoms with E-state index in [4.69, 9.17) is 10.2 Å². The quantitative estimate of drug-likeness (QED) is 0.698. The normalized spacial score (nSPS) is 8.62. The van der Waals surface area contributed by atoms with Crippen LogP contribution < -0.4 is 0 Å². The monoisotopic (exact) mass is 206 g/mol. The molecule has 0 fully saturated rings. The van der Waals surface area contributed by atoms with Crippen LogP contribution in [-0.4, -0.2) is 59.9 Å². The van der Waals surface area contributed by atoms with Crippen LogP contribution >= 0.6 is 0 Å². The third kappa shape index (κ3) is 3.34. The zero-order valence-electron chi connectivity index (χ0n) is 6.73. The SMILES string of the molecule is O=C(O)c1cccc(C(=O)O)c1.[Ca]. The average Bonchev–Trinajstić information content (AvgIpc) is 2.04. The molecular formula is C8H6CaO4. The van der Waals surface area contributed by atoms with E-state index in [-0.39, 0.29) is 48.9 Å². The molecule has 13 heavy (non-hydrogen) atoms. The van der Waals surface area contributed by atoms with Crippen LogP contribution in [0, 0.1) is 0 Å². The topological polar surface area (TPSA) is 74.6 Å². The van der Waals surface area contributed by atoms with Gasteiger partial charge in [-0.3, -0.25) is 0 Å². The number of carbonyl (C=O) groups is 2. The number of rotatable bonds is 2. The molecule has 0 bridgehead atoms. The minimum atomic E-state index is -1.13. The zero-order valence-corrected chi connectivity index (χ0v) is 8.94. The predicted molar refractivity (Wildman–Crippen MR) is 46.1 cm³/mol. The van der Waals surface area contributed by atoms with Crippen molar-refractivity contribution in [1.82, 2.24) is 0 Å². The summed E-state index contributed by atoms with van der Waals surface area (Å²) in [5, 5.41) is 17.0. The van der Waals surface area contributed by atoms with Crippen molar-refractivity contribution < 1.29 is 19.8 Å². The fourth-order valence-electron chi connectivity index (χ4n) is 0.785. The smallest absolute Gasteiger partial charge is 0.335 e. The van der Waals surface area contributed by atoms with Gasteiger partial charge in [-0.05, 0) is 18.2 Å². The molecule has 1 aromatic carbocycles. The van der Waals surface area contributed by atoms with Crippen LogP contribution in [0.15, 0.2) is 24.3 Å². The van der Waals surface area contributed by atoms with Gasteiger partial charge >= 0.3 is 11.9 Å². The van der Waals surface area contributed by atoms with Crippen molar-refractivity contribution in [3.05, 3.63) is 35.4 Å². The first kappa shape index (κ1) is 12.4. The number of hydrogen-bond donors (Lipinski definition) is 2. The second-order valence-corrected chi connectivity index (χ2v) is 2.19. The molecule has 0 saturated heterocycles. The van der Waals surface area contributed by atoms with Gasteiger partial charge in [-0.1, -0.05) is 6.07 Å². The number of carboxylic acid groups (broad SMARTS) is 2. The maximum atomic E-state index is 10.4. The molecule has 0 amide bonds. The number of carboxylic acids is 2. The fourth-order valence-corrected chi connectivity index (χ4v) is 0.785. The van der Waals surface area contributed by atoms with Crippen LogP contribution in [-0.2, 0) is 0 Å². The summed E-state index contributed by atoms with van der Waals surface area (Å²) in [6, 6.07) is 5.20. The molecule has 0 aliphatic rings. The van der Waals surface area contributed by atoms with Crippen LogP contribution in [0.4, 0.5) is 0 Å². The summed E-state index contributed by atoms with van der Waals surface area (Å²) in [5.74, 6) is -2.25. The Balaban J connectivity index is 0.00000144. The molecule has 0 unspecified atom stereocenters. The number of hydrogen-bond acceptors (Lipinski definition) is 2. The first-order valence-electron chi connectivity index (χ1n) is 3.18. The van der Waals surface area contributed by atoms with Gasteiger partial charge < -0.3 is 10.2 Å². The van der Waals surface area contributed by atoms with Crippen LogP contribution in [0.3, 0.4) is 0 Å². The maximum absolute atomic E-state index is 10.4. The van der Waals surface area contributed by atoms with E-state index in [0.29, 0.717) is 0 Å². The molecule has 0 spiro atoms. The summed E-state index contributed by atoms with van der Waals surface area (Å²) < 4.78 is 0. The van der Waals surface area contributed by atoms with Gasteiger partial charge in [0.2, 0.25) is 0 Å². The van der Waals surface area contributed by atoms with Gasteiger partial charge in [0, 0.05) is 37.7 Å². The summed E-state index contributed by atoms with van der Waals surface area (Å²) in [6.07, 6.45) is 0. The molecule has 2 radical (unpaired) electrons. The predicted octanol–water partition coefficient (Wildman–Crippen LogP) is 0.702. The van der Waals surface area contributed by atoms with E-state index in [1.165, 1.54) is 18.2 Å². The molecular weight excluding hydrogens is 200 g/mol. The van der Waals surface area contributed by atoms with Gasteiger partial charge in [0.05, 0.1) is 11.1 Å². The second-order valence-electron chi connectivity index (χ2n) is 2.19. The molecule has 0 aliphatic carbocycles. The third-order valence-corrected chi connectivity index (χ3v) is 1.36. The Labute approximate surface area is 104 Å². The van der Waals surface area contributed by atoms with Crippen molar-refractivity contribution >= 4 is 49.7 Å². The van der Waals surface area contributed by atoms with E-state index in [9.17, 15) is 9.59 Å². The Bertz CT molecular complexity index is 305. The van der Waals surface area contributed by atoms with E-state index >= 15 is 0 Å². The molecule has 0 saturated carbocycles. The van der Waals surface area contributed by atoms with Crippen LogP contribution in [0.25, 0.3) is 0 Å². The Hall–Kier alpha value is -0.580. The number of aromatic carboxylic acids is 2. The average molecular weight is 206 g/mol. The van der Waals surface area contributed by atoms with Gasteiger partial charge in [0.1, 0.15) is 0 Å². The summed E-state index contributed by atoms with van der Waals surface area (Å²) in [5.41, 5.74) is -0.0372. The van der Waals surface area contributed by atoms with Crippen molar-refractivity contribution in [3.8, 4) is 0 Å². The largest absolute Gasteiger partial charge is 0.478 e. The molecule has 0 aromatic heterocycles. The first-order chi connectivity index (χ1) is 5.61. The van der Waals surface area contributed by atoms with Gasteiger partial charge in [-0.2, -0.15) is 0 Å². The summed E-state index contributed by atoms with van der Waals surface area (Å²) in [7, 11) is 0. The standard InChI is InChI=1S/C8H6O4.Ca/c9-7(10)5-2-1-3-6(4-5)8(11)12;/h1-4H,(H,9,10)(H,11,12);. The molecule has 0 aliphatic heterocycles. The van der Waals surface area contributed by atoms with Crippen molar-refractivity contribution in [2.45, 2.75) is 0 Å². The molecule has 4 nitrogen and oxygen atoms in total. The Morgan fingerprint density at radius 3 is 1.69 bits per heavy atom. The van der Waals surface area contributed by atoms with Gasteiger partial charge in [0.25, 0.3) is 0 Å². The maximum Gasteiger partial charge on any atom is 0.335 e. The molecule has 5 heteroatoms. The van der Waals surface area contributed by atoms with Crippen molar-refractivity contribution in [2.24, 2.45) is 0 Å².